The van der Waals surface area contributed by atoms with E-state index in [0.717, 1.165) is 32.1 Å². The van der Waals surface area contributed by atoms with Crippen molar-refractivity contribution in [2.45, 2.75) is 52.1 Å². The Balaban J connectivity index is 0.00000338. The summed E-state index contributed by atoms with van der Waals surface area (Å²) in [5.41, 5.74) is 0. The number of halogens is 1. The Bertz CT molecular complexity index is 389. The first kappa shape index (κ1) is 23.9. The Kier molecular flexibility index (Phi) is 12.1. The fraction of sp³-hybridized carbons (Fsp3) is 0.947. The maximum atomic E-state index is 4.88. The van der Waals surface area contributed by atoms with Gasteiger partial charge in [0.1, 0.15) is 0 Å². The summed E-state index contributed by atoms with van der Waals surface area (Å²) in [4.78, 5) is 12.4. The zero-order valence-corrected chi connectivity index (χ0v) is 19.7. The predicted molar refractivity (Wildman–Crippen MR) is 123 cm³/mol. The average Bonchev–Trinajstić information content (AvgIpc) is 2.62. The van der Waals surface area contributed by atoms with Gasteiger partial charge in [-0.1, -0.05) is 6.92 Å². The molecule has 0 aromatic carbocycles. The number of piperidine rings is 1. The van der Waals surface area contributed by atoms with E-state index in [1.807, 2.05) is 0 Å². The van der Waals surface area contributed by atoms with Gasteiger partial charge in [0.25, 0.3) is 0 Å². The molecule has 0 aromatic rings. The molecule has 2 fully saturated rings. The largest absolute Gasteiger partial charge is 0.357 e. The van der Waals surface area contributed by atoms with Crippen LogP contribution in [0.3, 0.4) is 0 Å². The van der Waals surface area contributed by atoms with Gasteiger partial charge < -0.3 is 20.4 Å². The topological polar surface area (TPSA) is 46.1 Å². The predicted octanol–water partition coefficient (Wildman–Crippen LogP) is 1.67. The SMILES string of the molecule is CCCN1CCC(NC(=NCC(C)N2CCN(C)CC2)NCC)CC1.I. The second-order valence-corrected chi connectivity index (χ2v) is 7.67. The minimum Gasteiger partial charge on any atom is -0.357 e. The molecule has 0 aliphatic carbocycles. The highest BCUT2D eigenvalue weighted by Crippen LogP contribution is 2.10. The lowest BCUT2D eigenvalue weighted by Gasteiger charge is -2.36. The molecule has 2 rings (SSSR count). The number of likely N-dealkylation sites (N-methyl/N-ethyl adjacent to an activating group) is 1. The molecule has 2 aliphatic heterocycles. The van der Waals surface area contributed by atoms with Crippen LogP contribution >= 0.6 is 24.0 Å². The van der Waals surface area contributed by atoms with Crippen molar-refractivity contribution in [3.05, 3.63) is 0 Å². The highest BCUT2D eigenvalue weighted by atomic mass is 127. The Morgan fingerprint density at radius 2 is 1.73 bits per heavy atom. The number of rotatable bonds is 7. The smallest absolute Gasteiger partial charge is 0.191 e. The Morgan fingerprint density at radius 1 is 1.08 bits per heavy atom. The average molecular weight is 480 g/mol. The Morgan fingerprint density at radius 3 is 2.31 bits per heavy atom. The molecule has 0 spiro atoms. The van der Waals surface area contributed by atoms with Gasteiger partial charge in [-0.15, -0.1) is 24.0 Å². The molecular weight excluding hydrogens is 439 g/mol. The molecule has 2 N–H and O–H groups in total. The van der Waals surface area contributed by atoms with Crippen molar-refractivity contribution in [3.8, 4) is 0 Å². The molecule has 0 radical (unpaired) electrons. The lowest BCUT2D eigenvalue weighted by atomic mass is 10.1. The zero-order chi connectivity index (χ0) is 18.1. The van der Waals surface area contributed by atoms with Crippen LogP contribution in [-0.2, 0) is 0 Å². The molecule has 1 atom stereocenters. The fourth-order valence-electron chi connectivity index (χ4n) is 3.73. The van der Waals surface area contributed by atoms with E-state index in [9.17, 15) is 0 Å². The van der Waals surface area contributed by atoms with Gasteiger partial charge in [0.2, 0.25) is 0 Å². The van der Waals surface area contributed by atoms with Gasteiger partial charge in [0, 0.05) is 57.9 Å². The number of aliphatic imine (C=N–C) groups is 1. The minimum absolute atomic E-state index is 0. The van der Waals surface area contributed by atoms with Gasteiger partial charge in [-0.25, -0.2) is 0 Å². The number of piperazine rings is 1. The summed E-state index contributed by atoms with van der Waals surface area (Å²) in [5, 5.41) is 7.10. The first-order valence-electron chi connectivity index (χ1n) is 10.3. The number of hydrogen-bond donors (Lipinski definition) is 2. The summed E-state index contributed by atoms with van der Waals surface area (Å²) in [7, 11) is 2.21. The molecule has 2 heterocycles. The molecule has 154 valence electrons. The molecule has 0 saturated carbocycles. The van der Waals surface area contributed by atoms with E-state index < -0.39 is 0 Å². The van der Waals surface area contributed by atoms with Crippen molar-refractivity contribution in [1.82, 2.24) is 25.3 Å². The summed E-state index contributed by atoms with van der Waals surface area (Å²) < 4.78 is 0. The van der Waals surface area contributed by atoms with Crippen LogP contribution in [0.25, 0.3) is 0 Å². The summed E-state index contributed by atoms with van der Waals surface area (Å²) >= 11 is 0. The van der Waals surface area contributed by atoms with Crippen molar-refractivity contribution >= 4 is 29.9 Å². The third kappa shape index (κ3) is 8.27. The molecule has 26 heavy (non-hydrogen) atoms. The van der Waals surface area contributed by atoms with E-state index in [1.165, 1.54) is 52.0 Å². The van der Waals surface area contributed by atoms with E-state index >= 15 is 0 Å². The van der Waals surface area contributed by atoms with Crippen molar-refractivity contribution in [2.24, 2.45) is 4.99 Å². The monoisotopic (exact) mass is 480 g/mol. The van der Waals surface area contributed by atoms with E-state index in [4.69, 9.17) is 4.99 Å². The van der Waals surface area contributed by atoms with Crippen molar-refractivity contribution < 1.29 is 0 Å². The number of guanidine groups is 1. The van der Waals surface area contributed by atoms with Crippen LogP contribution in [0, 0.1) is 0 Å². The van der Waals surface area contributed by atoms with E-state index in [-0.39, 0.29) is 24.0 Å². The van der Waals surface area contributed by atoms with Crippen molar-refractivity contribution in [2.75, 3.05) is 66.0 Å². The summed E-state index contributed by atoms with van der Waals surface area (Å²) in [6.07, 6.45) is 3.70. The maximum absolute atomic E-state index is 4.88. The van der Waals surface area contributed by atoms with Crippen molar-refractivity contribution in [3.63, 3.8) is 0 Å². The van der Waals surface area contributed by atoms with E-state index in [0.29, 0.717) is 12.1 Å². The fourth-order valence-corrected chi connectivity index (χ4v) is 3.73. The Hall–Kier alpha value is -0.120. The molecule has 7 heteroatoms. The molecule has 0 bridgehead atoms. The molecule has 6 nitrogen and oxygen atoms in total. The minimum atomic E-state index is 0. The van der Waals surface area contributed by atoms with E-state index in [2.05, 4.69) is 53.2 Å². The summed E-state index contributed by atoms with van der Waals surface area (Å²) in [5.74, 6) is 0.998. The second-order valence-electron chi connectivity index (χ2n) is 7.67. The molecular formula is C19H41IN6. The highest BCUT2D eigenvalue weighted by molar-refractivity contribution is 14.0. The third-order valence-electron chi connectivity index (χ3n) is 5.49. The van der Waals surface area contributed by atoms with Crippen LogP contribution in [-0.4, -0.2) is 98.7 Å². The van der Waals surface area contributed by atoms with Crippen LogP contribution in [0.5, 0.6) is 0 Å². The third-order valence-corrected chi connectivity index (χ3v) is 5.49. The van der Waals surface area contributed by atoms with Gasteiger partial charge in [-0.2, -0.15) is 0 Å². The molecule has 2 saturated heterocycles. The normalized spacial score (nSPS) is 22.7. The number of likely N-dealkylation sites (tertiary alicyclic amines) is 1. The number of hydrogen-bond acceptors (Lipinski definition) is 4. The van der Waals surface area contributed by atoms with Gasteiger partial charge in [0.15, 0.2) is 5.96 Å². The zero-order valence-electron chi connectivity index (χ0n) is 17.3. The molecule has 0 aromatic heterocycles. The number of nitrogens with one attached hydrogen (secondary N) is 2. The van der Waals surface area contributed by atoms with Crippen LogP contribution in [0.4, 0.5) is 0 Å². The highest BCUT2D eigenvalue weighted by Gasteiger charge is 2.21. The standard InChI is InChI=1S/C19H40N6.HI/c1-5-9-24-10-7-18(8-11-24)22-19(20-6-2)21-16-17(3)25-14-12-23(4)13-15-25;/h17-18H,5-16H2,1-4H3,(H2,20,21,22);1H. The molecule has 0 amide bonds. The lowest BCUT2D eigenvalue weighted by Crippen LogP contribution is -2.50. The van der Waals surface area contributed by atoms with Crippen LogP contribution in [0.1, 0.15) is 40.0 Å². The van der Waals surface area contributed by atoms with Crippen LogP contribution in [0.2, 0.25) is 0 Å². The van der Waals surface area contributed by atoms with Gasteiger partial charge >= 0.3 is 0 Å². The first-order valence-corrected chi connectivity index (χ1v) is 10.3. The van der Waals surface area contributed by atoms with Gasteiger partial charge in [-0.3, -0.25) is 9.89 Å². The van der Waals surface area contributed by atoms with Crippen LogP contribution in [0.15, 0.2) is 4.99 Å². The number of nitrogens with zero attached hydrogens (tertiary/aromatic N) is 4. The van der Waals surface area contributed by atoms with Crippen molar-refractivity contribution in [1.29, 1.82) is 0 Å². The lowest BCUT2D eigenvalue weighted by molar-refractivity contribution is 0.122. The van der Waals surface area contributed by atoms with Gasteiger partial charge in [-0.05, 0) is 46.7 Å². The van der Waals surface area contributed by atoms with Crippen LogP contribution < -0.4 is 10.6 Å². The van der Waals surface area contributed by atoms with Gasteiger partial charge in [0.05, 0.1) is 6.54 Å². The summed E-state index contributed by atoms with van der Waals surface area (Å²) in [6, 6.07) is 1.07. The Labute approximate surface area is 178 Å². The second kappa shape index (κ2) is 13.1. The molecule has 1 unspecified atom stereocenters. The quantitative estimate of drug-likeness (QED) is 0.330. The van der Waals surface area contributed by atoms with E-state index in [1.54, 1.807) is 0 Å². The summed E-state index contributed by atoms with van der Waals surface area (Å²) in [6.45, 7) is 16.8. The molecule has 2 aliphatic rings. The maximum Gasteiger partial charge on any atom is 0.191 e. The first-order chi connectivity index (χ1) is 12.1.